The second kappa shape index (κ2) is 7.99. The Morgan fingerprint density at radius 1 is 1.24 bits per heavy atom. The predicted octanol–water partition coefficient (Wildman–Crippen LogP) is 2.03. The number of hydrogen-bond acceptors (Lipinski definition) is 4. The Morgan fingerprint density at radius 3 is 2.60 bits per heavy atom. The summed E-state index contributed by atoms with van der Waals surface area (Å²) >= 11 is 0. The second-order valence-electron chi connectivity index (χ2n) is 6.67. The quantitative estimate of drug-likeness (QED) is 0.835. The highest BCUT2D eigenvalue weighted by Gasteiger charge is 2.30. The first-order valence-corrected chi connectivity index (χ1v) is 10.2. The summed E-state index contributed by atoms with van der Waals surface area (Å²) in [4.78, 5) is 25.9. The first-order chi connectivity index (χ1) is 11.7. The van der Waals surface area contributed by atoms with Gasteiger partial charge in [0.05, 0.1) is 5.25 Å². The molecule has 1 aromatic rings. The van der Waals surface area contributed by atoms with Gasteiger partial charge in [-0.1, -0.05) is 12.1 Å². The molecule has 1 aliphatic rings. The van der Waals surface area contributed by atoms with Gasteiger partial charge in [0, 0.05) is 25.2 Å². The van der Waals surface area contributed by atoms with Gasteiger partial charge >= 0.3 is 0 Å². The van der Waals surface area contributed by atoms with E-state index in [0.29, 0.717) is 13.0 Å². The smallest absolute Gasteiger partial charge is 0.238 e. The van der Waals surface area contributed by atoms with Crippen LogP contribution in [0.2, 0.25) is 0 Å². The summed E-state index contributed by atoms with van der Waals surface area (Å²) in [7, 11) is -3.48. The third-order valence-corrected chi connectivity index (χ3v) is 7.05. The van der Waals surface area contributed by atoms with Crippen LogP contribution in [0.25, 0.3) is 0 Å². The van der Waals surface area contributed by atoms with Gasteiger partial charge in [-0.3, -0.25) is 9.59 Å². The summed E-state index contributed by atoms with van der Waals surface area (Å²) in [5.74, 6) is -0.391. The van der Waals surface area contributed by atoms with E-state index in [0.717, 1.165) is 24.1 Å². The fourth-order valence-corrected chi connectivity index (χ4v) is 4.00. The first-order valence-electron chi connectivity index (χ1n) is 8.63. The molecule has 1 atom stereocenters. The summed E-state index contributed by atoms with van der Waals surface area (Å²) in [6.45, 7) is 5.48. The van der Waals surface area contributed by atoms with Crippen molar-refractivity contribution in [3.05, 3.63) is 29.8 Å². The normalized spacial score (nSPS) is 16.8. The van der Waals surface area contributed by atoms with Gasteiger partial charge in [-0.05, 0) is 51.3 Å². The molecule has 2 amide bonds. The summed E-state index contributed by atoms with van der Waals surface area (Å²) in [5.41, 5.74) is 1.65. The largest absolute Gasteiger partial charge is 0.351 e. The van der Waals surface area contributed by atoms with E-state index in [1.54, 1.807) is 18.7 Å². The van der Waals surface area contributed by atoms with Crippen LogP contribution in [-0.2, 0) is 26.0 Å². The zero-order valence-corrected chi connectivity index (χ0v) is 15.8. The molecule has 0 spiro atoms. The minimum Gasteiger partial charge on any atom is -0.351 e. The highest BCUT2D eigenvalue weighted by Crippen LogP contribution is 2.22. The number of sulfone groups is 1. The maximum Gasteiger partial charge on any atom is 0.238 e. The monoisotopic (exact) mass is 366 g/mol. The lowest BCUT2D eigenvalue weighted by molar-refractivity contribution is -0.121. The van der Waals surface area contributed by atoms with Crippen LogP contribution in [0.15, 0.2) is 24.3 Å². The van der Waals surface area contributed by atoms with Crippen LogP contribution in [-0.4, -0.2) is 37.3 Å². The Kier molecular flexibility index (Phi) is 6.21. The van der Waals surface area contributed by atoms with E-state index in [9.17, 15) is 18.0 Å². The van der Waals surface area contributed by atoms with E-state index in [4.69, 9.17) is 0 Å². The van der Waals surface area contributed by atoms with Crippen LogP contribution >= 0.6 is 0 Å². The first kappa shape index (κ1) is 19.4. The number of piperidine rings is 1. The lowest BCUT2D eigenvalue weighted by atomic mass is 10.1. The molecule has 138 valence electrons. The van der Waals surface area contributed by atoms with E-state index in [1.807, 2.05) is 24.3 Å². The number of benzene rings is 1. The van der Waals surface area contributed by atoms with Crippen molar-refractivity contribution < 1.29 is 18.0 Å². The molecule has 25 heavy (non-hydrogen) atoms. The molecule has 0 unspecified atom stereocenters. The lowest BCUT2D eigenvalue weighted by Gasteiger charge is -2.27. The van der Waals surface area contributed by atoms with Crippen LogP contribution in [0, 0.1) is 0 Å². The van der Waals surface area contributed by atoms with Gasteiger partial charge in [-0.15, -0.1) is 0 Å². The van der Waals surface area contributed by atoms with Gasteiger partial charge in [-0.25, -0.2) is 8.42 Å². The molecule has 1 N–H and O–H groups in total. The molecule has 0 saturated carbocycles. The fraction of sp³-hybridized carbons (Fsp3) is 0.556. The molecule has 1 aliphatic heterocycles. The molecule has 2 rings (SSSR count). The average molecular weight is 366 g/mol. The molecule has 0 aliphatic carbocycles. The second-order valence-corrected chi connectivity index (χ2v) is 9.50. The predicted molar refractivity (Wildman–Crippen MR) is 98.0 cm³/mol. The van der Waals surface area contributed by atoms with Gasteiger partial charge in [-0.2, -0.15) is 0 Å². The van der Waals surface area contributed by atoms with E-state index in [2.05, 4.69) is 5.32 Å². The number of nitrogens with one attached hydrogen (secondary N) is 1. The topological polar surface area (TPSA) is 83.6 Å². The summed E-state index contributed by atoms with van der Waals surface area (Å²) in [6.07, 6.45) is 2.47. The Labute approximate surface area is 149 Å². The molecule has 1 saturated heterocycles. The van der Waals surface area contributed by atoms with Gasteiger partial charge in [0.25, 0.3) is 0 Å². The van der Waals surface area contributed by atoms with Gasteiger partial charge in [0.15, 0.2) is 9.84 Å². The number of carbonyl (C=O) groups excluding carboxylic acids is 2. The zero-order valence-electron chi connectivity index (χ0n) is 15.0. The van der Waals surface area contributed by atoms with Crippen molar-refractivity contribution in [1.82, 2.24) is 5.32 Å². The molecular formula is C18H26N2O4S. The Balaban J connectivity index is 2.03. The number of nitrogens with zero attached hydrogens (tertiary/aromatic N) is 1. The third kappa shape index (κ3) is 4.60. The van der Waals surface area contributed by atoms with Gasteiger partial charge in [0.2, 0.25) is 11.8 Å². The van der Waals surface area contributed by atoms with Crippen LogP contribution in [0.1, 0.15) is 45.6 Å². The molecular weight excluding hydrogens is 340 g/mol. The van der Waals surface area contributed by atoms with Crippen LogP contribution in [0.3, 0.4) is 0 Å². The SMILES string of the molecule is CC(C)S(=O)(=O)[C@H](C)C(=O)NCc1cccc(N2CCCCC2=O)c1. The maximum absolute atomic E-state index is 12.2. The zero-order chi connectivity index (χ0) is 18.6. The minimum atomic E-state index is -3.48. The molecule has 1 aromatic carbocycles. The van der Waals surface area contributed by atoms with Gasteiger partial charge < -0.3 is 10.2 Å². The van der Waals surface area contributed by atoms with E-state index < -0.39 is 26.2 Å². The highest BCUT2D eigenvalue weighted by molar-refractivity contribution is 7.93. The molecule has 7 heteroatoms. The molecule has 6 nitrogen and oxygen atoms in total. The van der Waals surface area contributed by atoms with Crippen molar-refractivity contribution in [1.29, 1.82) is 0 Å². The summed E-state index contributed by atoms with van der Waals surface area (Å²) in [6, 6.07) is 7.43. The van der Waals surface area contributed by atoms with Crippen molar-refractivity contribution in [3.8, 4) is 0 Å². The van der Waals surface area contributed by atoms with Crippen LogP contribution < -0.4 is 10.2 Å². The summed E-state index contributed by atoms with van der Waals surface area (Å²) < 4.78 is 24.1. The molecule has 0 radical (unpaired) electrons. The van der Waals surface area contributed by atoms with Crippen LogP contribution in [0.4, 0.5) is 5.69 Å². The number of rotatable bonds is 6. The third-order valence-electron chi connectivity index (χ3n) is 4.53. The van der Waals surface area contributed by atoms with Crippen molar-refractivity contribution in [2.75, 3.05) is 11.4 Å². The summed E-state index contributed by atoms with van der Waals surface area (Å²) in [5, 5.41) is 1.000. The molecule has 1 fully saturated rings. The standard InChI is InChI=1S/C18H26N2O4S/c1-13(2)25(23,24)14(3)18(22)19-12-15-7-6-8-16(11-15)20-10-5-4-9-17(20)21/h6-8,11,13-14H,4-5,9-10,12H2,1-3H3,(H,19,22)/t14-/m1/s1. The van der Waals surface area contributed by atoms with E-state index >= 15 is 0 Å². The molecule has 1 heterocycles. The van der Waals surface area contributed by atoms with Crippen molar-refractivity contribution in [2.24, 2.45) is 0 Å². The minimum absolute atomic E-state index is 0.115. The van der Waals surface area contributed by atoms with Crippen molar-refractivity contribution >= 4 is 27.3 Å². The molecule has 0 aromatic heterocycles. The number of anilines is 1. The average Bonchev–Trinajstić information content (AvgIpc) is 2.59. The fourth-order valence-electron chi connectivity index (χ4n) is 2.80. The van der Waals surface area contributed by atoms with Gasteiger partial charge in [0.1, 0.15) is 5.25 Å². The number of carbonyl (C=O) groups is 2. The maximum atomic E-state index is 12.2. The Bertz CT molecular complexity index is 743. The number of hydrogen-bond donors (Lipinski definition) is 1. The number of amides is 2. The van der Waals surface area contributed by atoms with Crippen LogP contribution in [0.5, 0.6) is 0 Å². The van der Waals surface area contributed by atoms with E-state index in [-0.39, 0.29) is 12.5 Å². The highest BCUT2D eigenvalue weighted by atomic mass is 32.2. The van der Waals surface area contributed by atoms with E-state index in [1.165, 1.54) is 6.92 Å². The Hall–Kier alpha value is -1.89. The van der Waals surface area contributed by atoms with Crippen molar-refractivity contribution in [2.45, 2.75) is 57.1 Å². The lowest BCUT2D eigenvalue weighted by Crippen LogP contribution is -2.40. The van der Waals surface area contributed by atoms with Crippen molar-refractivity contribution in [3.63, 3.8) is 0 Å². The molecule has 0 bridgehead atoms. The Morgan fingerprint density at radius 2 is 1.96 bits per heavy atom.